The van der Waals surface area contributed by atoms with Gasteiger partial charge in [-0.1, -0.05) is 36.9 Å². The molecule has 2 saturated heterocycles. The fraction of sp³-hybridized carbons (Fsp3) is 0.609. The van der Waals surface area contributed by atoms with Crippen molar-refractivity contribution in [2.45, 2.75) is 50.4 Å². The summed E-state index contributed by atoms with van der Waals surface area (Å²) >= 11 is 1.43. The molecular formula is C23H33N5O3S. The molecule has 2 aliphatic heterocycles. The van der Waals surface area contributed by atoms with Gasteiger partial charge in [0.2, 0.25) is 11.9 Å². The standard InChI is InChI=1S/C23H33N5O3S/c1-18-9-12-27(13-10-18)22-25-26-23(28(22)16-20-8-5-14-30-20)32-17-21(29)24-11-15-31-19-6-3-2-4-7-19/h2-4,6-7,18,20H,5,8-17H2,1H3,(H,24,29). The van der Waals surface area contributed by atoms with Gasteiger partial charge in [-0.3, -0.25) is 9.36 Å². The van der Waals surface area contributed by atoms with Crippen molar-refractivity contribution in [3.63, 3.8) is 0 Å². The van der Waals surface area contributed by atoms with E-state index in [1.807, 2.05) is 30.3 Å². The highest BCUT2D eigenvalue weighted by atomic mass is 32.2. The number of anilines is 1. The van der Waals surface area contributed by atoms with Crippen LogP contribution in [0.4, 0.5) is 5.95 Å². The minimum atomic E-state index is -0.0355. The van der Waals surface area contributed by atoms with E-state index in [0.717, 1.165) is 61.9 Å². The molecule has 3 heterocycles. The molecule has 0 radical (unpaired) electrons. The predicted octanol–water partition coefficient (Wildman–Crippen LogP) is 2.98. The van der Waals surface area contributed by atoms with E-state index in [9.17, 15) is 4.79 Å². The van der Waals surface area contributed by atoms with Crippen LogP contribution in [0.1, 0.15) is 32.6 Å². The number of nitrogens with zero attached hydrogens (tertiary/aromatic N) is 4. The topological polar surface area (TPSA) is 81.5 Å². The summed E-state index contributed by atoms with van der Waals surface area (Å²) in [5, 5.41) is 12.6. The van der Waals surface area contributed by atoms with E-state index in [1.165, 1.54) is 24.6 Å². The van der Waals surface area contributed by atoms with Crippen LogP contribution in [0, 0.1) is 5.92 Å². The maximum absolute atomic E-state index is 12.3. The third kappa shape index (κ3) is 6.38. The smallest absolute Gasteiger partial charge is 0.230 e. The summed E-state index contributed by atoms with van der Waals surface area (Å²) in [6.45, 7) is 6.76. The summed E-state index contributed by atoms with van der Waals surface area (Å²) in [5.74, 6) is 2.73. The number of carbonyl (C=O) groups excluding carboxylic acids is 1. The number of thioether (sulfide) groups is 1. The van der Waals surface area contributed by atoms with Crippen LogP contribution >= 0.6 is 11.8 Å². The van der Waals surface area contributed by atoms with Crippen LogP contribution < -0.4 is 15.0 Å². The van der Waals surface area contributed by atoms with Crippen molar-refractivity contribution in [2.75, 3.05) is 43.5 Å². The lowest BCUT2D eigenvalue weighted by molar-refractivity contribution is -0.118. The SMILES string of the molecule is CC1CCN(c2nnc(SCC(=O)NCCOc3ccccc3)n2CC2CCCO2)CC1. The van der Waals surface area contributed by atoms with Gasteiger partial charge in [-0.15, -0.1) is 10.2 Å². The number of piperidine rings is 1. The number of para-hydroxylation sites is 1. The van der Waals surface area contributed by atoms with Gasteiger partial charge in [0.1, 0.15) is 12.4 Å². The number of carbonyl (C=O) groups is 1. The van der Waals surface area contributed by atoms with Crippen LogP contribution in [0.2, 0.25) is 0 Å². The molecule has 0 bridgehead atoms. The molecule has 1 amide bonds. The second-order valence-electron chi connectivity index (χ2n) is 8.50. The Hall–Kier alpha value is -2.26. The van der Waals surface area contributed by atoms with Crippen molar-refractivity contribution in [3.8, 4) is 5.75 Å². The Bertz CT molecular complexity index is 849. The van der Waals surface area contributed by atoms with E-state index < -0.39 is 0 Å². The van der Waals surface area contributed by atoms with E-state index in [4.69, 9.17) is 9.47 Å². The number of hydrogen-bond acceptors (Lipinski definition) is 7. The summed E-state index contributed by atoms with van der Waals surface area (Å²) in [6.07, 6.45) is 4.68. The van der Waals surface area contributed by atoms with Gasteiger partial charge in [0.25, 0.3) is 0 Å². The lowest BCUT2D eigenvalue weighted by Crippen LogP contribution is -2.35. The molecule has 0 saturated carbocycles. The summed E-state index contributed by atoms with van der Waals surface area (Å²) in [5.41, 5.74) is 0. The average Bonchev–Trinajstić information content (AvgIpc) is 3.47. The third-order valence-electron chi connectivity index (χ3n) is 5.94. The molecule has 1 aromatic heterocycles. The van der Waals surface area contributed by atoms with Crippen LogP contribution in [0.5, 0.6) is 5.75 Å². The number of rotatable bonds is 10. The van der Waals surface area contributed by atoms with Gasteiger partial charge in [0.15, 0.2) is 5.16 Å². The quantitative estimate of drug-likeness (QED) is 0.432. The highest BCUT2D eigenvalue weighted by molar-refractivity contribution is 7.99. The monoisotopic (exact) mass is 459 g/mol. The van der Waals surface area contributed by atoms with E-state index in [-0.39, 0.29) is 12.0 Å². The molecule has 174 valence electrons. The maximum atomic E-state index is 12.3. The van der Waals surface area contributed by atoms with Gasteiger partial charge < -0.3 is 19.7 Å². The highest BCUT2D eigenvalue weighted by Crippen LogP contribution is 2.28. The van der Waals surface area contributed by atoms with Gasteiger partial charge in [-0.25, -0.2) is 0 Å². The summed E-state index contributed by atoms with van der Waals surface area (Å²) in [4.78, 5) is 14.7. The van der Waals surface area contributed by atoms with Gasteiger partial charge >= 0.3 is 0 Å². The Morgan fingerprint density at radius 2 is 2.03 bits per heavy atom. The van der Waals surface area contributed by atoms with Crippen molar-refractivity contribution in [1.29, 1.82) is 0 Å². The number of benzene rings is 1. The van der Waals surface area contributed by atoms with Crippen LogP contribution in [0.3, 0.4) is 0 Å². The summed E-state index contributed by atoms with van der Waals surface area (Å²) < 4.78 is 13.6. The van der Waals surface area contributed by atoms with Crippen molar-refractivity contribution in [3.05, 3.63) is 30.3 Å². The molecule has 9 heteroatoms. The maximum Gasteiger partial charge on any atom is 0.230 e. The number of aromatic nitrogens is 3. The second kappa shape index (κ2) is 11.6. The van der Waals surface area contributed by atoms with Crippen LogP contribution in [-0.4, -0.2) is 65.4 Å². The van der Waals surface area contributed by atoms with E-state index >= 15 is 0 Å². The van der Waals surface area contributed by atoms with E-state index in [2.05, 4.69) is 31.9 Å². The van der Waals surface area contributed by atoms with E-state index in [1.54, 1.807) is 0 Å². The Labute approximate surface area is 194 Å². The number of ether oxygens (including phenoxy) is 2. The first-order valence-electron chi connectivity index (χ1n) is 11.6. The normalized spacial score (nSPS) is 19.3. The number of amides is 1. The Morgan fingerprint density at radius 3 is 2.78 bits per heavy atom. The van der Waals surface area contributed by atoms with Crippen molar-refractivity contribution in [1.82, 2.24) is 20.1 Å². The van der Waals surface area contributed by atoms with Gasteiger partial charge in [0.05, 0.1) is 24.9 Å². The summed E-state index contributed by atoms with van der Waals surface area (Å²) in [7, 11) is 0. The molecule has 1 atom stereocenters. The lowest BCUT2D eigenvalue weighted by Gasteiger charge is -2.31. The van der Waals surface area contributed by atoms with Crippen molar-refractivity contribution in [2.24, 2.45) is 5.92 Å². The fourth-order valence-corrected chi connectivity index (χ4v) is 4.81. The third-order valence-corrected chi connectivity index (χ3v) is 6.91. The first kappa shape index (κ1) is 22.9. The lowest BCUT2D eigenvalue weighted by atomic mass is 10.00. The first-order chi connectivity index (χ1) is 15.7. The van der Waals surface area contributed by atoms with Gasteiger partial charge in [0, 0.05) is 19.7 Å². The van der Waals surface area contributed by atoms with Crippen LogP contribution in [0.15, 0.2) is 35.5 Å². The zero-order valence-corrected chi connectivity index (χ0v) is 19.6. The molecule has 32 heavy (non-hydrogen) atoms. The molecule has 1 N–H and O–H groups in total. The van der Waals surface area contributed by atoms with Crippen molar-refractivity contribution < 1.29 is 14.3 Å². The Morgan fingerprint density at radius 1 is 1.22 bits per heavy atom. The minimum Gasteiger partial charge on any atom is -0.492 e. The minimum absolute atomic E-state index is 0.0355. The number of nitrogens with one attached hydrogen (secondary N) is 1. The zero-order chi connectivity index (χ0) is 22.2. The van der Waals surface area contributed by atoms with Gasteiger partial charge in [-0.05, 0) is 43.7 Å². The number of hydrogen-bond donors (Lipinski definition) is 1. The Kier molecular flexibility index (Phi) is 8.28. The molecule has 1 aromatic carbocycles. The highest BCUT2D eigenvalue weighted by Gasteiger charge is 2.26. The fourth-order valence-electron chi connectivity index (χ4n) is 4.04. The predicted molar refractivity (Wildman–Crippen MR) is 125 cm³/mol. The van der Waals surface area contributed by atoms with E-state index in [0.29, 0.717) is 18.9 Å². The molecule has 4 rings (SSSR count). The molecule has 2 aliphatic rings. The largest absolute Gasteiger partial charge is 0.492 e. The zero-order valence-electron chi connectivity index (χ0n) is 18.7. The molecule has 1 unspecified atom stereocenters. The molecule has 0 aliphatic carbocycles. The molecular weight excluding hydrogens is 426 g/mol. The first-order valence-corrected chi connectivity index (χ1v) is 12.5. The molecule has 2 aromatic rings. The molecule has 0 spiro atoms. The van der Waals surface area contributed by atoms with Crippen LogP contribution in [0.25, 0.3) is 0 Å². The molecule has 8 nitrogen and oxygen atoms in total. The molecule has 2 fully saturated rings. The van der Waals surface area contributed by atoms with Gasteiger partial charge in [-0.2, -0.15) is 0 Å². The Balaban J connectivity index is 1.30. The average molecular weight is 460 g/mol. The summed E-state index contributed by atoms with van der Waals surface area (Å²) in [6, 6.07) is 9.60. The second-order valence-corrected chi connectivity index (χ2v) is 9.44. The van der Waals surface area contributed by atoms with Crippen LogP contribution in [-0.2, 0) is 16.1 Å². The van der Waals surface area contributed by atoms with Crippen molar-refractivity contribution >= 4 is 23.6 Å².